The van der Waals surface area contributed by atoms with E-state index in [1.165, 1.54) is 17.1 Å². The highest BCUT2D eigenvalue weighted by Crippen LogP contribution is 2.29. The molecule has 6 heteroatoms. The molecule has 0 radical (unpaired) electrons. The van der Waals surface area contributed by atoms with Crippen LogP contribution in [0, 0.1) is 11.7 Å². The average Bonchev–Trinajstić information content (AvgIpc) is 3.09. The van der Waals surface area contributed by atoms with E-state index in [1.54, 1.807) is 24.9 Å². The molecule has 2 aliphatic rings. The minimum Gasteiger partial charge on any atom is -0.342 e. The lowest BCUT2D eigenvalue weighted by Gasteiger charge is -2.19. The molecule has 0 N–H and O–H groups in total. The second-order valence-corrected chi connectivity index (χ2v) is 6.24. The largest absolute Gasteiger partial charge is 0.342 e. The number of likely N-dealkylation sites (tertiary alicyclic amines) is 1. The van der Waals surface area contributed by atoms with Crippen LogP contribution in [0.4, 0.5) is 4.39 Å². The quantitative estimate of drug-likeness (QED) is 0.856. The molecule has 0 bridgehead atoms. The van der Waals surface area contributed by atoms with Crippen molar-refractivity contribution in [3.05, 3.63) is 35.6 Å². The maximum absolute atomic E-state index is 13.3. The number of rotatable bonds is 3. The Morgan fingerprint density at radius 3 is 2.87 bits per heavy atom. The Bertz CT molecular complexity index is 674. The highest BCUT2D eigenvalue weighted by atomic mass is 19.1. The van der Waals surface area contributed by atoms with E-state index in [0.29, 0.717) is 18.8 Å². The third kappa shape index (κ3) is 3.11. The number of hydrazone groups is 1. The predicted octanol–water partition coefficient (Wildman–Crippen LogP) is 2.00. The fraction of sp³-hybridized carbons (Fsp3) is 0.471. The first-order chi connectivity index (χ1) is 11.0. The molecule has 1 aromatic carbocycles. The van der Waals surface area contributed by atoms with Gasteiger partial charge < -0.3 is 4.90 Å². The minimum absolute atomic E-state index is 0.0351. The third-order valence-electron chi connectivity index (χ3n) is 4.67. The monoisotopic (exact) mass is 317 g/mol. The number of nitrogens with zero attached hydrogens (tertiary/aromatic N) is 3. The molecule has 0 unspecified atom stereocenters. The van der Waals surface area contributed by atoms with Crippen molar-refractivity contribution >= 4 is 17.5 Å². The standard InChI is InChI=1S/C17H20FN3O2/c1-11-15(17(23)20(2)19-11)9-16(22)21-7-6-13(10-21)12-4-3-5-14(18)8-12/h3-5,8,13,15H,6-7,9-10H2,1-2H3/t13-,15+/m0/s1. The van der Waals surface area contributed by atoms with E-state index in [0.717, 1.165) is 12.0 Å². The van der Waals surface area contributed by atoms with Gasteiger partial charge in [-0.1, -0.05) is 12.1 Å². The van der Waals surface area contributed by atoms with E-state index in [1.807, 2.05) is 6.07 Å². The Labute approximate surface area is 134 Å². The first kappa shape index (κ1) is 15.6. The Balaban J connectivity index is 1.62. The van der Waals surface area contributed by atoms with E-state index in [4.69, 9.17) is 0 Å². The molecule has 2 heterocycles. The fourth-order valence-corrected chi connectivity index (χ4v) is 3.32. The number of hydrogen-bond acceptors (Lipinski definition) is 3. The summed E-state index contributed by atoms with van der Waals surface area (Å²) >= 11 is 0. The van der Waals surface area contributed by atoms with Gasteiger partial charge >= 0.3 is 0 Å². The maximum atomic E-state index is 13.3. The molecule has 0 aliphatic carbocycles. The van der Waals surface area contributed by atoms with Gasteiger partial charge in [0.25, 0.3) is 5.91 Å². The van der Waals surface area contributed by atoms with Gasteiger partial charge in [-0.2, -0.15) is 5.10 Å². The van der Waals surface area contributed by atoms with Crippen LogP contribution in [0.2, 0.25) is 0 Å². The number of hydrogen-bond donors (Lipinski definition) is 0. The molecule has 5 nitrogen and oxygen atoms in total. The van der Waals surface area contributed by atoms with Crippen molar-refractivity contribution in [2.75, 3.05) is 20.1 Å². The molecule has 2 amide bonds. The van der Waals surface area contributed by atoms with Crippen molar-refractivity contribution in [1.82, 2.24) is 9.91 Å². The second kappa shape index (κ2) is 6.10. The lowest BCUT2D eigenvalue weighted by Crippen LogP contribution is -2.34. The summed E-state index contributed by atoms with van der Waals surface area (Å²) < 4.78 is 13.3. The highest BCUT2D eigenvalue weighted by molar-refractivity contribution is 6.08. The van der Waals surface area contributed by atoms with Gasteiger partial charge in [-0.15, -0.1) is 0 Å². The zero-order chi connectivity index (χ0) is 16.6. The minimum atomic E-state index is -0.444. The van der Waals surface area contributed by atoms with Crippen molar-refractivity contribution in [3.8, 4) is 0 Å². The Hall–Kier alpha value is -2.24. The van der Waals surface area contributed by atoms with Crippen LogP contribution in [-0.2, 0) is 9.59 Å². The molecule has 0 spiro atoms. The van der Waals surface area contributed by atoms with Crippen LogP contribution in [0.25, 0.3) is 0 Å². The molecule has 23 heavy (non-hydrogen) atoms. The van der Waals surface area contributed by atoms with Gasteiger partial charge in [-0.3, -0.25) is 9.59 Å². The summed E-state index contributed by atoms with van der Waals surface area (Å²) in [5.41, 5.74) is 1.61. The van der Waals surface area contributed by atoms with Crippen molar-refractivity contribution < 1.29 is 14.0 Å². The SMILES string of the molecule is CC1=NN(C)C(=O)[C@@H]1CC(=O)N1CC[C@H](c2cccc(F)c2)C1. The Morgan fingerprint density at radius 2 is 2.22 bits per heavy atom. The normalized spacial score (nSPS) is 24.3. The summed E-state index contributed by atoms with van der Waals surface area (Å²) in [6, 6.07) is 6.55. The molecule has 0 aromatic heterocycles. The maximum Gasteiger partial charge on any atom is 0.251 e. The molecular formula is C17H20FN3O2. The van der Waals surface area contributed by atoms with Crippen LogP contribution < -0.4 is 0 Å². The smallest absolute Gasteiger partial charge is 0.251 e. The number of halogens is 1. The predicted molar refractivity (Wildman–Crippen MR) is 84.3 cm³/mol. The summed E-state index contributed by atoms with van der Waals surface area (Å²) in [4.78, 5) is 26.2. The summed E-state index contributed by atoms with van der Waals surface area (Å²) in [5.74, 6) is -0.699. The zero-order valence-corrected chi connectivity index (χ0v) is 13.3. The summed E-state index contributed by atoms with van der Waals surface area (Å²) in [6.07, 6.45) is 0.981. The zero-order valence-electron chi connectivity index (χ0n) is 13.3. The summed E-state index contributed by atoms with van der Waals surface area (Å²) in [7, 11) is 1.60. The molecule has 2 aliphatic heterocycles. The Kier molecular flexibility index (Phi) is 4.15. The highest BCUT2D eigenvalue weighted by Gasteiger charge is 2.36. The van der Waals surface area contributed by atoms with Gasteiger partial charge in [0.1, 0.15) is 5.82 Å². The van der Waals surface area contributed by atoms with Crippen molar-refractivity contribution in [1.29, 1.82) is 0 Å². The molecule has 2 atom stereocenters. The number of benzene rings is 1. The first-order valence-corrected chi connectivity index (χ1v) is 7.81. The summed E-state index contributed by atoms with van der Waals surface area (Å²) in [6.45, 7) is 3.00. The molecular weight excluding hydrogens is 297 g/mol. The van der Waals surface area contributed by atoms with Gasteiger partial charge in [-0.25, -0.2) is 9.40 Å². The fourth-order valence-electron chi connectivity index (χ4n) is 3.32. The molecule has 3 rings (SSSR count). The summed E-state index contributed by atoms with van der Waals surface area (Å²) in [5, 5.41) is 5.39. The van der Waals surface area contributed by atoms with Gasteiger partial charge in [-0.05, 0) is 31.0 Å². The van der Waals surface area contributed by atoms with E-state index >= 15 is 0 Å². The molecule has 1 aromatic rings. The average molecular weight is 317 g/mol. The lowest BCUT2D eigenvalue weighted by molar-refractivity contribution is -0.136. The molecule has 1 fully saturated rings. The molecule has 0 saturated carbocycles. The Morgan fingerprint density at radius 1 is 1.43 bits per heavy atom. The van der Waals surface area contributed by atoms with Gasteiger partial charge in [0, 0.05) is 38.2 Å². The van der Waals surface area contributed by atoms with E-state index in [-0.39, 0.29) is 30.0 Å². The van der Waals surface area contributed by atoms with Crippen LogP contribution in [0.5, 0.6) is 0 Å². The van der Waals surface area contributed by atoms with E-state index in [2.05, 4.69) is 5.10 Å². The van der Waals surface area contributed by atoms with E-state index in [9.17, 15) is 14.0 Å². The van der Waals surface area contributed by atoms with Crippen LogP contribution in [0.1, 0.15) is 31.2 Å². The number of amides is 2. The van der Waals surface area contributed by atoms with Crippen molar-refractivity contribution in [2.24, 2.45) is 11.0 Å². The third-order valence-corrected chi connectivity index (χ3v) is 4.67. The van der Waals surface area contributed by atoms with Gasteiger partial charge in [0.05, 0.1) is 5.92 Å². The van der Waals surface area contributed by atoms with Crippen LogP contribution in [-0.4, -0.2) is 47.6 Å². The molecule has 1 saturated heterocycles. The van der Waals surface area contributed by atoms with Gasteiger partial charge in [0.15, 0.2) is 0 Å². The van der Waals surface area contributed by atoms with Crippen LogP contribution >= 0.6 is 0 Å². The molecule has 122 valence electrons. The number of carbonyl (C=O) groups excluding carboxylic acids is 2. The van der Waals surface area contributed by atoms with E-state index < -0.39 is 5.92 Å². The van der Waals surface area contributed by atoms with Crippen LogP contribution in [0.15, 0.2) is 29.4 Å². The lowest BCUT2D eigenvalue weighted by atomic mass is 9.98. The van der Waals surface area contributed by atoms with Crippen molar-refractivity contribution in [3.63, 3.8) is 0 Å². The number of carbonyl (C=O) groups is 2. The van der Waals surface area contributed by atoms with Crippen molar-refractivity contribution in [2.45, 2.75) is 25.7 Å². The van der Waals surface area contributed by atoms with Crippen LogP contribution in [0.3, 0.4) is 0 Å². The van der Waals surface area contributed by atoms with Gasteiger partial charge in [0.2, 0.25) is 5.91 Å². The topological polar surface area (TPSA) is 53.0 Å². The first-order valence-electron chi connectivity index (χ1n) is 7.81. The second-order valence-electron chi connectivity index (χ2n) is 6.24.